The topological polar surface area (TPSA) is 67.1 Å². The number of nitrogens with two attached hydrogens (primary N) is 1. The summed E-state index contributed by atoms with van der Waals surface area (Å²) in [5.41, 5.74) is 4.64. The van der Waals surface area contributed by atoms with Crippen LogP contribution in [-0.4, -0.2) is 21.9 Å². The SMILES string of the molecule is Cc1nc(CN(C)Cc2cccc(NN)n2)cs1. The van der Waals surface area contributed by atoms with Crippen molar-refractivity contribution in [3.8, 4) is 0 Å². The average molecular weight is 263 g/mol. The molecule has 96 valence electrons. The number of aryl methyl sites for hydroxylation is 1. The summed E-state index contributed by atoms with van der Waals surface area (Å²) in [6.45, 7) is 3.62. The Kier molecular flexibility index (Phi) is 4.24. The fourth-order valence-corrected chi connectivity index (χ4v) is 2.34. The van der Waals surface area contributed by atoms with E-state index in [9.17, 15) is 0 Å². The first-order chi connectivity index (χ1) is 8.67. The Bertz CT molecular complexity index is 511. The van der Waals surface area contributed by atoms with E-state index >= 15 is 0 Å². The lowest BCUT2D eigenvalue weighted by Crippen LogP contribution is -2.19. The number of anilines is 1. The van der Waals surface area contributed by atoms with Crippen molar-refractivity contribution >= 4 is 17.2 Å². The highest BCUT2D eigenvalue weighted by Crippen LogP contribution is 2.11. The van der Waals surface area contributed by atoms with E-state index < -0.39 is 0 Å². The number of nitrogen functional groups attached to an aromatic ring is 1. The number of thiazole rings is 1. The van der Waals surface area contributed by atoms with Crippen molar-refractivity contribution in [3.05, 3.63) is 40.0 Å². The third kappa shape index (κ3) is 3.49. The monoisotopic (exact) mass is 263 g/mol. The normalized spacial score (nSPS) is 10.9. The van der Waals surface area contributed by atoms with Gasteiger partial charge in [-0.15, -0.1) is 11.3 Å². The molecule has 0 aliphatic rings. The van der Waals surface area contributed by atoms with E-state index in [4.69, 9.17) is 5.84 Å². The lowest BCUT2D eigenvalue weighted by atomic mass is 10.3. The highest BCUT2D eigenvalue weighted by Gasteiger charge is 2.05. The number of nitrogens with one attached hydrogen (secondary N) is 1. The third-order valence-corrected chi connectivity index (χ3v) is 3.31. The van der Waals surface area contributed by atoms with Crippen molar-refractivity contribution in [3.63, 3.8) is 0 Å². The van der Waals surface area contributed by atoms with E-state index in [1.165, 1.54) is 0 Å². The molecule has 0 aliphatic carbocycles. The predicted molar refractivity (Wildman–Crippen MR) is 74.1 cm³/mol. The predicted octanol–water partition coefficient (Wildman–Crippen LogP) is 1.76. The molecule has 2 aromatic rings. The van der Waals surface area contributed by atoms with Crippen molar-refractivity contribution < 1.29 is 0 Å². The molecule has 0 aliphatic heterocycles. The van der Waals surface area contributed by atoms with Crippen LogP contribution < -0.4 is 11.3 Å². The molecule has 0 spiro atoms. The number of hydrogen-bond donors (Lipinski definition) is 2. The number of rotatable bonds is 5. The molecule has 0 atom stereocenters. The minimum Gasteiger partial charge on any atom is -0.308 e. The van der Waals surface area contributed by atoms with Crippen LogP contribution in [0.25, 0.3) is 0 Å². The highest BCUT2D eigenvalue weighted by molar-refractivity contribution is 7.09. The van der Waals surface area contributed by atoms with Crippen LogP contribution in [0.5, 0.6) is 0 Å². The second-order valence-electron chi connectivity index (χ2n) is 4.19. The van der Waals surface area contributed by atoms with Gasteiger partial charge in [-0.1, -0.05) is 6.07 Å². The van der Waals surface area contributed by atoms with Crippen molar-refractivity contribution in [1.29, 1.82) is 0 Å². The Morgan fingerprint density at radius 1 is 1.28 bits per heavy atom. The second kappa shape index (κ2) is 5.90. The van der Waals surface area contributed by atoms with Gasteiger partial charge in [-0.25, -0.2) is 15.8 Å². The van der Waals surface area contributed by atoms with Crippen molar-refractivity contribution in [2.24, 2.45) is 5.84 Å². The minimum absolute atomic E-state index is 0.686. The second-order valence-corrected chi connectivity index (χ2v) is 5.25. The van der Waals surface area contributed by atoms with Gasteiger partial charge in [0.15, 0.2) is 0 Å². The van der Waals surface area contributed by atoms with E-state index in [0.29, 0.717) is 5.82 Å². The summed E-state index contributed by atoms with van der Waals surface area (Å²) in [4.78, 5) is 11.0. The van der Waals surface area contributed by atoms with Gasteiger partial charge < -0.3 is 5.43 Å². The molecule has 0 aromatic carbocycles. The Hall–Kier alpha value is -1.50. The van der Waals surface area contributed by atoms with E-state index in [-0.39, 0.29) is 0 Å². The molecule has 6 heteroatoms. The number of aromatic nitrogens is 2. The molecule has 3 N–H and O–H groups in total. The zero-order valence-corrected chi connectivity index (χ0v) is 11.4. The molecule has 0 saturated heterocycles. The van der Waals surface area contributed by atoms with E-state index in [2.05, 4.69) is 32.7 Å². The molecule has 2 aromatic heterocycles. The number of pyridine rings is 1. The van der Waals surface area contributed by atoms with Gasteiger partial charge in [-0.05, 0) is 26.1 Å². The fourth-order valence-electron chi connectivity index (χ4n) is 1.74. The maximum absolute atomic E-state index is 5.34. The van der Waals surface area contributed by atoms with E-state index in [1.807, 2.05) is 25.1 Å². The van der Waals surface area contributed by atoms with Gasteiger partial charge in [0.2, 0.25) is 0 Å². The average Bonchev–Trinajstić information content (AvgIpc) is 2.74. The van der Waals surface area contributed by atoms with Gasteiger partial charge in [0, 0.05) is 18.5 Å². The van der Waals surface area contributed by atoms with Gasteiger partial charge in [0.25, 0.3) is 0 Å². The molecule has 2 rings (SSSR count). The van der Waals surface area contributed by atoms with Crippen molar-refractivity contribution in [2.45, 2.75) is 20.0 Å². The van der Waals surface area contributed by atoms with Gasteiger partial charge >= 0.3 is 0 Å². The van der Waals surface area contributed by atoms with Crippen LogP contribution in [0.4, 0.5) is 5.82 Å². The summed E-state index contributed by atoms with van der Waals surface area (Å²) in [6, 6.07) is 5.77. The van der Waals surface area contributed by atoms with E-state index in [1.54, 1.807) is 11.3 Å². The zero-order valence-electron chi connectivity index (χ0n) is 10.6. The largest absolute Gasteiger partial charge is 0.308 e. The molecule has 0 unspecified atom stereocenters. The molecule has 18 heavy (non-hydrogen) atoms. The molecule has 2 heterocycles. The maximum Gasteiger partial charge on any atom is 0.140 e. The summed E-state index contributed by atoms with van der Waals surface area (Å²) in [5, 5.41) is 3.20. The summed E-state index contributed by atoms with van der Waals surface area (Å²) in [6.07, 6.45) is 0. The first kappa shape index (κ1) is 12.9. The van der Waals surface area contributed by atoms with Crippen LogP contribution in [0, 0.1) is 6.92 Å². The first-order valence-electron chi connectivity index (χ1n) is 5.69. The first-order valence-corrected chi connectivity index (χ1v) is 6.57. The molecular formula is C12H17N5S. The summed E-state index contributed by atoms with van der Waals surface area (Å²) in [7, 11) is 2.05. The smallest absolute Gasteiger partial charge is 0.140 e. The lowest BCUT2D eigenvalue weighted by molar-refractivity contribution is 0.312. The van der Waals surface area contributed by atoms with Crippen LogP contribution in [-0.2, 0) is 13.1 Å². The third-order valence-electron chi connectivity index (χ3n) is 2.49. The van der Waals surface area contributed by atoms with Crippen molar-refractivity contribution in [2.75, 3.05) is 12.5 Å². The molecule has 0 saturated carbocycles. The molecular weight excluding hydrogens is 246 g/mol. The van der Waals surface area contributed by atoms with Gasteiger partial charge in [0.1, 0.15) is 5.82 Å². The van der Waals surface area contributed by atoms with E-state index in [0.717, 1.165) is 29.5 Å². The summed E-state index contributed by atoms with van der Waals surface area (Å²) < 4.78 is 0. The number of hydrogen-bond acceptors (Lipinski definition) is 6. The van der Waals surface area contributed by atoms with Crippen LogP contribution in [0.1, 0.15) is 16.4 Å². The number of hydrazine groups is 1. The quantitative estimate of drug-likeness (QED) is 0.635. The molecule has 0 bridgehead atoms. The van der Waals surface area contributed by atoms with Crippen LogP contribution in [0.2, 0.25) is 0 Å². The molecule has 0 fully saturated rings. The standard InChI is InChI=1S/C12H17N5S/c1-9-14-11(8-18-9)7-17(2)6-10-4-3-5-12(15-10)16-13/h3-5,8H,6-7,13H2,1-2H3,(H,15,16). The van der Waals surface area contributed by atoms with Gasteiger partial charge in [-0.2, -0.15) is 0 Å². The highest BCUT2D eigenvalue weighted by atomic mass is 32.1. The Morgan fingerprint density at radius 2 is 2.06 bits per heavy atom. The summed E-state index contributed by atoms with van der Waals surface area (Å²) in [5.74, 6) is 6.03. The maximum atomic E-state index is 5.34. The minimum atomic E-state index is 0.686. The van der Waals surface area contributed by atoms with Gasteiger partial charge in [0.05, 0.1) is 16.4 Å². The lowest BCUT2D eigenvalue weighted by Gasteiger charge is -2.15. The Labute approximate surface area is 111 Å². The Morgan fingerprint density at radius 3 is 2.72 bits per heavy atom. The number of nitrogens with zero attached hydrogens (tertiary/aromatic N) is 3. The summed E-state index contributed by atoms with van der Waals surface area (Å²) >= 11 is 1.68. The molecule has 0 radical (unpaired) electrons. The van der Waals surface area contributed by atoms with Gasteiger partial charge in [-0.3, -0.25) is 4.90 Å². The van der Waals surface area contributed by atoms with Crippen LogP contribution in [0.15, 0.2) is 23.6 Å². The molecule has 5 nitrogen and oxygen atoms in total. The Balaban J connectivity index is 1.96. The molecule has 0 amide bonds. The van der Waals surface area contributed by atoms with Crippen molar-refractivity contribution in [1.82, 2.24) is 14.9 Å². The fraction of sp³-hybridized carbons (Fsp3) is 0.333. The van der Waals surface area contributed by atoms with Crippen LogP contribution in [0.3, 0.4) is 0 Å². The zero-order chi connectivity index (χ0) is 13.0. The van der Waals surface area contributed by atoms with Crippen LogP contribution >= 0.6 is 11.3 Å².